The van der Waals surface area contributed by atoms with Gasteiger partial charge in [0.25, 0.3) is 5.69 Å². The third-order valence-electron chi connectivity index (χ3n) is 2.73. The summed E-state index contributed by atoms with van der Waals surface area (Å²) in [5, 5.41) is 25.5. The Morgan fingerprint density at radius 3 is 2.74 bits per heavy atom. The third-order valence-corrected chi connectivity index (χ3v) is 3.65. The Hall–Kier alpha value is -3.34. The highest BCUT2D eigenvalue weighted by atomic mass is 32.1. The van der Waals surface area contributed by atoms with Gasteiger partial charge in [-0.1, -0.05) is 11.3 Å². The highest BCUT2D eigenvalue weighted by Gasteiger charge is 2.11. The van der Waals surface area contributed by atoms with E-state index >= 15 is 0 Å². The van der Waals surface area contributed by atoms with Gasteiger partial charge >= 0.3 is 5.88 Å². The molecule has 0 spiro atoms. The molecule has 3 aromatic rings. The van der Waals surface area contributed by atoms with E-state index in [0.29, 0.717) is 15.3 Å². The number of non-ortho nitro benzene ring substituents is 1. The summed E-state index contributed by atoms with van der Waals surface area (Å²) >= 11 is 1.19. The number of nitro benzene ring substituents is 1. The van der Waals surface area contributed by atoms with Crippen molar-refractivity contribution in [1.82, 2.24) is 4.98 Å². The van der Waals surface area contributed by atoms with Crippen LogP contribution in [-0.4, -0.2) is 21.0 Å². The molecular weight excluding hydrogens is 326 g/mol. The van der Waals surface area contributed by atoms with E-state index in [9.17, 15) is 20.2 Å². The van der Waals surface area contributed by atoms with E-state index in [4.69, 9.17) is 4.42 Å². The van der Waals surface area contributed by atoms with Gasteiger partial charge < -0.3 is 4.42 Å². The smallest absolute Gasteiger partial charge is 0.400 e. The first-order valence-corrected chi connectivity index (χ1v) is 6.93. The van der Waals surface area contributed by atoms with Gasteiger partial charge in [0.2, 0.25) is 5.13 Å². The standard InChI is InChI=1S/C12H7N5O5S/c18-16(19)7-1-3-9-10(5-7)23-12(14-9)15-13-6-8-2-4-11(22-8)17(20)21/h1-6H,(H,14,15)/b13-6-. The molecule has 11 heteroatoms. The minimum absolute atomic E-state index is 0.0147. The number of furan rings is 1. The fraction of sp³-hybridized carbons (Fsp3) is 0. The molecule has 0 unspecified atom stereocenters. The molecule has 0 saturated carbocycles. The van der Waals surface area contributed by atoms with E-state index in [1.54, 1.807) is 6.07 Å². The fourth-order valence-electron chi connectivity index (χ4n) is 1.74. The van der Waals surface area contributed by atoms with Gasteiger partial charge in [0, 0.05) is 12.1 Å². The van der Waals surface area contributed by atoms with Crippen LogP contribution in [0.15, 0.2) is 39.9 Å². The molecular formula is C12H7N5O5S. The Morgan fingerprint density at radius 2 is 2.04 bits per heavy atom. The topological polar surface area (TPSA) is 137 Å². The molecule has 1 aromatic carbocycles. The third kappa shape index (κ3) is 3.13. The van der Waals surface area contributed by atoms with Crippen molar-refractivity contribution < 1.29 is 14.3 Å². The molecule has 0 bridgehead atoms. The van der Waals surface area contributed by atoms with Gasteiger partial charge in [-0.3, -0.25) is 25.7 Å². The van der Waals surface area contributed by atoms with Crippen LogP contribution in [0, 0.1) is 20.2 Å². The first-order chi connectivity index (χ1) is 11.0. The van der Waals surface area contributed by atoms with Crippen LogP contribution in [0.5, 0.6) is 0 Å². The van der Waals surface area contributed by atoms with Crippen LogP contribution in [0.4, 0.5) is 16.7 Å². The van der Waals surface area contributed by atoms with Gasteiger partial charge in [0.1, 0.15) is 4.92 Å². The van der Waals surface area contributed by atoms with E-state index < -0.39 is 9.85 Å². The molecule has 1 N–H and O–H groups in total. The Labute approximate surface area is 131 Å². The van der Waals surface area contributed by atoms with Gasteiger partial charge in [-0.15, -0.1) is 0 Å². The van der Waals surface area contributed by atoms with Gasteiger partial charge in [0.15, 0.2) is 5.76 Å². The van der Waals surface area contributed by atoms with E-state index in [1.807, 2.05) is 0 Å². The molecule has 10 nitrogen and oxygen atoms in total. The Morgan fingerprint density at radius 1 is 1.22 bits per heavy atom. The first kappa shape index (κ1) is 14.6. The maximum Gasteiger partial charge on any atom is 0.433 e. The summed E-state index contributed by atoms with van der Waals surface area (Å²) in [7, 11) is 0. The average molecular weight is 333 g/mol. The predicted octanol–water partition coefficient (Wildman–Crippen LogP) is 3.15. The highest BCUT2D eigenvalue weighted by Crippen LogP contribution is 2.29. The van der Waals surface area contributed by atoms with E-state index in [0.717, 1.165) is 0 Å². The first-order valence-electron chi connectivity index (χ1n) is 6.11. The molecule has 2 heterocycles. The molecule has 0 aliphatic rings. The van der Waals surface area contributed by atoms with Crippen molar-refractivity contribution in [2.45, 2.75) is 0 Å². The van der Waals surface area contributed by atoms with Crippen molar-refractivity contribution in [1.29, 1.82) is 0 Å². The zero-order valence-corrected chi connectivity index (χ0v) is 12.0. The SMILES string of the molecule is O=[N+]([O-])c1ccc2nc(N/N=C\c3ccc([N+](=O)[O-])o3)sc2c1. The zero-order chi connectivity index (χ0) is 16.4. The predicted molar refractivity (Wildman–Crippen MR) is 82.9 cm³/mol. The van der Waals surface area contributed by atoms with Crippen LogP contribution in [0.25, 0.3) is 10.2 Å². The second kappa shape index (κ2) is 5.81. The van der Waals surface area contributed by atoms with Crippen molar-refractivity contribution in [2.24, 2.45) is 5.10 Å². The molecule has 0 saturated heterocycles. The molecule has 3 rings (SSSR count). The van der Waals surface area contributed by atoms with Crippen LogP contribution in [0.2, 0.25) is 0 Å². The number of fused-ring (bicyclic) bond motifs is 1. The number of thiazole rings is 1. The van der Waals surface area contributed by atoms with Crippen LogP contribution in [0.1, 0.15) is 5.76 Å². The van der Waals surface area contributed by atoms with Crippen molar-refractivity contribution in [3.63, 3.8) is 0 Å². The monoisotopic (exact) mass is 333 g/mol. The lowest BCUT2D eigenvalue weighted by Crippen LogP contribution is -1.88. The molecule has 0 radical (unpaired) electrons. The maximum absolute atomic E-state index is 10.7. The highest BCUT2D eigenvalue weighted by molar-refractivity contribution is 7.22. The Kier molecular flexibility index (Phi) is 3.68. The maximum atomic E-state index is 10.7. The van der Waals surface area contributed by atoms with Gasteiger partial charge in [-0.05, 0) is 12.1 Å². The second-order valence-electron chi connectivity index (χ2n) is 4.23. The molecule has 0 fully saturated rings. The van der Waals surface area contributed by atoms with Crippen molar-refractivity contribution in [3.05, 3.63) is 56.3 Å². The van der Waals surface area contributed by atoms with Crippen LogP contribution in [-0.2, 0) is 0 Å². The zero-order valence-electron chi connectivity index (χ0n) is 11.2. The molecule has 0 aliphatic carbocycles. The number of nitrogens with zero attached hydrogens (tertiary/aromatic N) is 4. The minimum Gasteiger partial charge on any atom is -0.400 e. The largest absolute Gasteiger partial charge is 0.433 e. The number of nitro groups is 2. The summed E-state index contributed by atoms with van der Waals surface area (Å²) in [5.74, 6) is -0.167. The normalized spacial score (nSPS) is 11.1. The van der Waals surface area contributed by atoms with Crippen LogP contribution < -0.4 is 5.43 Å². The summed E-state index contributed by atoms with van der Waals surface area (Å²) in [4.78, 5) is 24.3. The number of hydrogen-bond donors (Lipinski definition) is 1. The fourth-order valence-corrected chi connectivity index (χ4v) is 2.58. The van der Waals surface area contributed by atoms with E-state index in [1.165, 1.54) is 41.8 Å². The number of anilines is 1. The summed E-state index contributed by atoms with van der Waals surface area (Å²) in [5.41, 5.74) is 3.24. The summed E-state index contributed by atoms with van der Waals surface area (Å²) in [6, 6.07) is 6.98. The number of rotatable bonds is 5. The summed E-state index contributed by atoms with van der Waals surface area (Å²) in [6.45, 7) is 0. The number of aromatic nitrogens is 1. The van der Waals surface area contributed by atoms with Crippen molar-refractivity contribution in [2.75, 3.05) is 5.43 Å². The van der Waals surface area contributed by atoms with Crippen molar-refractivity contribution in [3.8, 4) is 0 Å². The van der Waals surface area contributed by atoms with E-state index in [-0.39, 0.29) is 17.3 Å². The van der Waals surface area contributed by atoms with Crippen molar-refractivity contribution >= 4 is 44.5 Å². The lowest BCUT2D eigenvalue weighted by Gasteiger charge is -1.90. The number of nitrogens with one attached hydrogen (secondary N) is 1. The van der Waals surface area contributed by atoms with Gasteiger partial charge in [0.05, 0.1) is 27.4 Å². The van der Waals surface area contributed by atoms with Gasteiger partial charge in [-0.25, -0.2) is 4.98 Å². The lowest BCUT2D eigenvalue weighted by atomic mass is 10.3. The average Bonchev–Trinajstić information content (AvgIpc) is 3.12. The second-order valence-corrected chi connectivity index (χ2v) is 5.26. The van der Waals surface area contributed by atoms with E-state index in [2.05, 4.69) is 15.5 Å². The minimum atomic E-state index is -0.648. The Bertz CT molecular complexity index is 931. The molecule has 2 aromatic heterocycles. The van der Waals surface area contributed by atoms with Gasteiger partial charge in [-0.2, -0.15) is 5.10 Å². The van der Waals surface area contributed by atoms with Crippen LogP contribution >= 0.6 is 11.3 Å². The summed E-state index contributed by atoms with van der Waals surface area (Å²) < 4.78 is 5.55. The quantitative estimate of drug-likeness (QED) is 0.430. The molecule has 0 atom stereocenters. The lowest BCUT2D eigenvalue weighted by molar-refractivity contribution is -0.402. The molecule has 23 heavy (non-hydrogen) atoms. The number of hydrogen-bond acceptors (Lipinski definition) is 9. The Balaban J connectivity index is 1.74. The summed E-state index contributed by atoms with van der Waals surface area (Å²) in [6.07, 6.45) is 1.27. The number of hydrazone groups is 1. The van der Waals surface area contributed by atoms with Crippen LogP contribution in [0.3, 0.4) is 0 Å². The molecule has 116 valence electrons. The number of benzene rings is 1. The molecule has 0 amide bonds. The molecule has 0 aliphatic heterocycles.